The summed E-state index contributed by atoms with van der Waals surface area (Å²) in [5, 5.41) is 12.1. The molecule has 2 N–H and O–H groups in total. The quantitative estimate of drug-likeness (QED) is 0.571. The third kappa shape index (κ3) is 3.88. The zero-order valence-corrected chi connectivity index (χ0v) is 10.2. The topological polar surface area (TPSA) is 66.4 Å². The van der Waals surface area contributed by atoms with Crippen LogP contribution < -0.4 is 5.32 Å². The molecule has 0 aromatic rings. The standard InChI is InChI=1S/C13H21NO3/c1-2-3-8-11(15)14-13(12(16)17)9-6-4-5-7-10-13/h2H,1,3-10H2,(H,14,15)(H,16,17). The second kappa shape index (κ2) is 6.42. The number of carboxylic acid groups (broad SMARTS) is 1. The summed E-state index contributed by atoms with van der Waals surface area (Å²) < 4.78 is 0. The number of hydrogen-bond donors (Lipinski definition) is 2. The van der Waals surface area contributed by atoms with Crippen LogP contribution in [0.25, 0.3) is 0 Å². The molecule has 1 amide bonds. The van der Waals surface area contributed by atoms with Crippen molar-refractivity contribution in [1.82, 2.24) is 5.32 Å². The van der Waals surface area contributed by atoms with Crippen LogP contribution in [0.15, 0.2) is 12.7 Å². The highest BCUT2D eigenvalue weighted by molar-refractivity contribution is 5.87. The van der Waals surface area contributed by atoms with E-state index < -0.39 is 11.5 Å². The maximum absolute atomic E-state index is 11.7. The van der Waals surface area contributed by atoms with E-state index in [0.29, 0.717) is 25.7 Å². The first-order valence-corrected chi connectivity index (χ1v) is 6.26. The molecule has 0 saturated heterocycles. The Morgan fingerprint density at radius 1 is 1.24 bits per heavy atom. The van der Waals surface area contributed by atoms with E-state index >= 15 is 0 Å². The third-order valence-corrected chi connectivity index (χ3v) is 3.32. The molecule has 96 valence electrons. The van der Waals surface area contributed by atoms with Gasteiger partial charge in [-0.15, -0.1) is 6.58 Å². The lowest BCUT2D eigenvalue weighted by Crippen LogP contribution is -2.54. The lowest BCUT2D eigenvalue weighted by molar-refractivity contribution is -0.148. The molecule has 0 heterocycles. The molecule has 0 radical (unpaired) electrons. The fraction of sp³-hybridized carbons (Fsp3) is 0.692. The fourth-order valence-electron chi connectivity index (χ4n) is 2.29. The summed E-state index contributed by atoms with van der Waals surface area (Å²) in [6.07, 6.45) is 7.50. The van der Waals surface area contributed by atoms with Gasteiger partial charge in [0.2, 0.25) is 5.91 Å². The Morgan fingerprint density at radius 2 is 1.82 bits per heavy atom. The van der Waals surface area contributed by atoms with Gasteiger partial charge in [0.15, 0.2) is 0 Å². The third-order valence-electron chi connectivity index (χ3n) is 3.32. The van der Waals surface area contributed by atoms with Crippen LogP contribution in [0.3, 0.4) is 0 Å². The van der Waals surface area contributed by atoms with Gasteiger partial charge in [-0.25, -0.2) is 4.79 Å². The average Bonchev–Trinajstić information content (AvgIpc) is 2.53. The zero-order chi connectivity index (χ0) is 12.7. The number of aliphatic carboxylic acids is 1. The second-order valence-corrected chi connectivity index (χ2v) is 4.68. The number of allylic oxidation sites excluding steroid dienone is 1. The van der Waals surface area contributed by atoms with E-state index in [0.717, 1.165) is 25.7 Å². The summed E-state index contributed by atoms with van der Waals surface area (Å²) in [4.78, 5) is 23.1. The van der Waals surface area contributed by atoms with Crippen LogP contribution in [0.2, 0.25) is 0 Å². The molecule has 17 heavy (non-hydrogen) atoms. The molecule has 4 heteroatoms. The van der Waals surface area contributed by atoms with Crippen molar-refractivity contribution in [3.8, 4) is 0 Å². The maximum atomic E-state index is 11.7. The van der Waals surface area contributed by atoms with Gasteiger partial charge in [-0.2, -0.15) is 0 Å². The van der Waals surface area contributed by atoms with E-state index in [1.54, 1.807) is 6.08 Å². The van der Waals surface area contributed by atoms with Gasteiger partial charge in [0.25, 0.3) is 0 Å². The average molecular weight is 239 g/mol. The Labute approximate surface area is 102 Å². The highest BCUT2D eigenvalue weighted by Crippen LogP contribution is 2.27. The van der Waals surface area contributed by atoms with E-state index in [-0.39, 0.29) is 5.91 Å². The van der Waals surface area contributed by atoms with Gasteiger partial charge in [0.05, 0.1) is 0 Å². The van der Waals surface area contributed by atoms with Crippen LogP contribution >= 0.6 is 0 Å². The van der Waals surface area contributed by atoms with Crippen molar-refractivity contribution in [2.24, 2.45) is 0 Å². The van der Waals surface area contributed by atoms with Crippen molar-refractivity contribution in [3.63, 3.8) is 0 Å². The Hall–Kier alpha value is -1.32. The molecule has 0 aromatic carbocycles. The Kier molecular flexibility index (Phi) is 5.19. The number of rotatable bonds is 5. The minimum absolute atomic E-state index is 0.186. The van der Waals surface area contributed by atoms with Crippen molar-refractivity contribution in [3.05, 3.63) is 12.7 Å². The van der Waals surface area contributed by atoms with E-state index in [2.05, 4.69) is 11.9 Å². The molecule has 1 rings (SSSR count). The van der Waals surface area contributed by atoms with Crippen LogP contribution in [0, 0.1) is 0 Å². The van der Waals surface area contributed by atoms with Crippen molar-refractivity contribution in [2.75, 3.05) is 0 Å². The van der Waals surface area contributed by atoms with Crippen LogP contribution in [0.5, 0.6) is 0 Å². The lowest BCUT2D eigenvalue weighted by atomic mass is 9.90. The molecule has 4 nitrogen and oxygen atoms in total. The summed E-state index contributed by atoms with van der Waals surface area (Å²) in [6.45, 7) is 3.55. The zero-order valence-electron chi connectivity index (χ0n) is 10.2. The van der Waals surface area contributed by atoms with Crippen molar-refractivity contribution >= 4 is 11.9 Å². The van der Waals surface area contributed by atoms with Crippen LogP contribution in [0.4, 0.5) is 0 Å². The van der Waals surface area contributed by atoms with Crippen LogP contribution in [-0.4, -0.2) is 22.5 Å². The summed E-state index contributed by atoms with van der Waals surface area (Å²) >= 11 is 0. The van der Waals surface area contributed by atoms with Gasteiger partial charge in [-0.05, 0) is 19.3 Å². The first-order valence-electron chi connectivity index (χ1n) is 6.26. The summed E-state index contributed by atoms with van der Waals surface area (Å²) in [6, 6.07) is 0. The number of amides is 1. The molecule has 0 bridgehead atoms. The highest BCUT2D eigenvalue weighted by Gasteiger charge is 2.39. The molecule has 0 unspecified atom stereocenters. The summed E-state index contributed by atoms with van der Waals surface area (Å²) in [7, 11) is 0. The molecular weight excluding hydrogens is 218 g/mol. The molecular formula is C13H21NO3. The first-order chi connectivity index (χ1) is 8.10. The van der Waals surface area contributed by atoms with Gasteiger partial charge in [-0.3, -0.25) is 4.79 Å². The van der Waals surface area contributed by atoms with Crippen LogP contribution in [-0.2, 0) is 9.59 Å². The minimum atomic E-state index is -1.03. The summed E-state index contributed by atoms with van der Waals surface area (Å²) in [5.74, 6) is -1.08. The van der Waals surface area contributed by atoms with Gasteiger partial charge in [0.1, 0.15) is 5.54 Å². The maximum Gasteiger partial charge on any atom is 0.329 e. The number of nitrogens with one attached hydrogen (secondary N) is 1. The molecule has 1 aliphatic carbocycles. The normalized spacial score (nSPS) is 19.1. The largest absolute Gasteiger partial charge is 0.480 e. The molecule has 0 aliphatic heterocycles. The molecule has 0 aromatic heterocycles. The minimum Gasteiger partial charge on any atom is -0.480 e. The fourth-order valence-corrected chi connectivity index (χ4v) is 2.29. The number of carbonyl (C=O) groups excluding carboxylic acids is 1. The van der Waals surface area contributed by atoms with E-state index in [4.69, 9.17) is 0 Å². The smallest absolute Gasteiger partial charge is 0.329 e. The van der Waals surface area contributed by atoms with Gasteiger partial charge >= 0.3 is 5.97 Å². The summed E-state index contributed by atoms with van der Waals surface area (Å²) in [5.41, 5.74) is -1.03. The number of carboxylic acids is 1. The van der Waals surface area contributed by atoms with E-state index in [1.807, 2.05) is 0 Å². The highest BCUT2D eigenvalue weighted by atomic mass is 16.4. The monoisotopic (exact) mass is 239 g/mol. The van der Waals surface area contributed by atoms with Gasteiger partial charge < -0.3 is 10.4 Å². The molecule has 1 fully saturated rings. The predicted molar refractivity (Wildman–Crippen MR) is 65.6 cm³/mol. The molecule has 1 saturated carbocycles. The van der Waals surface area contributed by atoms with Gasteiger partial charge in [0, 0.05) is 6.42 Å². The number of carbonyl (C=O) groups is 2. The van der Waals surface area contributed by atoms with Gasteiger partial charge in [-0.1, -0.05) is 31.8 Å². The van der Waals surface area contributed by atoms with E-state index in [9.17, 15) is 14.7 Å². The lowest BCUT2D eigenvalue weighted by Gasteiger charge is -2.29. The first kappa shape index (κ1) is 13.7. The molecule has 0 spiro atoms. The molecule has 0 atom stereocenters. The molecule has 1 aliphatic rings. The Balaban J connectivity index is 2.66. The van der Waals surface area contributed by atoms with Crippen molar-refractivity contribution in [1.29, 1.82) is 0 Å². The van der Waals surface area contributed by atoms with Crippen molar-refractivity contribution < 1.29 is 14.7 Å². The van der Waals surface area contributed by atoms with E-state index in [1.165, 1.54) is 0 Å². The van der Waals surface area contributed by atoms with Crippen LogP contribution in [0.1, 0.15) is 51.4 Å². The Bertz CT molecular complexity index is 291. The van der Waals surface area contributed by atoms with Crippen molar-refractivity contribution in [2.45, 2.75) is 56.9 Å². The SMILES string of the molecule is C=CCCC(=O)NC1(C(=O)O)CCCCCC1. The predicted octanol–water partition coefficient (Wildman–Crippen LogP) is 2.25. The number of hydrogen-bond acceptors (Lipinski definition) is 2. The second-order valence-electron chi connectivity index (χ2n) is 4.68. The Morgan fingerprint density at radius 3 is 2.29 bits per heavy atom.